The molecule has 0 aliphatic carbocycles. The van der Waals surface area contributed by atoms with Crippen LogP contribution >= 0.6 is 15.9 Å². The van der Waals surface area contributed by atoms with Crippen molar-refractivity contribution in [2.24, 2.45) is 12.8 Å². The fraction of sp³-hybridized carbons (Fsp3) is 0.357. The van der Waals surface area contributed by atoms with Crippen molar-refractivity contribution in [3.63, 3.8) is 0 Å². The molecule has 1 atom stereocenters. The van der Waals surface area contributed by atoms with E-state index in [4.69, 9.17) is 5.73 Å². The Kier molecular flexibility index (Phi) is 4.73. The van der Waals surface area contributed by atoms with Crippen LogP contribution in [0, 0.1) is 0 Å². The monoisotopic (exact) mass is 361 g/mol. The molecule has 7 heteroatoms. The van der Waals surface area contributed by atoms with Crippen LogP contribution in [0.5, 0.6) is 0 Å². The minimum Gasteiger partial charge on any atom is -0.324 e. The number of hydrogen-bond donors (Lipinski definition) is 1. The van der Waals surface area contributed by atoms with Gasteiger partial charge in [-0.05, 0) is 36.1 Å². The standard InChI is InChI=1S/C14H15BrF3N3/c1-21-8-9(7-20-21)2-5-13(19)10-3-4-12(15)11(6-10)14(16,17)18/h3-4,6-8,13H,2,5,19H2,1H3. The summed E-state index contributed by atoms with van der Waals surface area (Å²) in [5.74, 6) is 0. The zero-order valence-electron chi connectivity index (χ0n) is 11.4. The van der Waals surface area contributed by atoms with Crippen LogP contribution in [0.25, 0.3) is 0 Å². The van der Waals surface area contributed by atoms with Crippen molar-refractivity contribution in [2.45, 2.75) is 25.1 Å². The fourth-order valence-corrected chi connectivity index (χ4v) is 2.55. The summed E-state index contributed by atoms with van der Waals surface area (Å²) in [6.45, 7) is 0. The summed E-state index contributed by atoms with van der Waals surface area (Å²) in [5.41, 5.74) is 6.80. The first kappa shape index (κ1) is 16.0. The van der Waals surface area contributed by atoms with Gasteiger partial charge in [0.05, 0.1) is 11.8 Å². The second-order valence-corrected chi connectivity index (χ2v) is 5.76. The highest BCUT2D eigenvalue weighted by molar-refractivity contribution is 9.10. The van der Waals surface area contributed by atoms with Gasteiger partial charge in [0, 0.05) is 23.8 Å². The summed E-state index contributed by atoms with van der Waals surface area (Å²) < 4.78 is 40.3. The first-order valence-electron chi connectivity index (χ1n) is 6.37. The van der Waals surface area contributed by atoms with E-state index < -0.39 is 17.8 Å². The van der Waals surface area contributed by atoms with Gasteiger partial charge in [0.25, 0.3) is 0 Å². The lowest BCUT2D eigenvalue weighted by Crippen LogP contribution is -2.14. The Bertz CT molecular complexity index is 622. The van der Waals surface area contributed by atoms with Crippen molar-refractivity contribution in [3.8, 4) is 0 Å². The molecule has 0 amide bonds. The molecule has 0 saturated carbocycles. The van der Waals surface area contributed by atoms with E-state index in [0.29, 0.717) is 18.4 Å². The van der Waals surface area contributed by atoms with Crippen LogP contribution in [0.4, 0.5) is 13.2 Å². The Labute approximate surface area is 129 Å². The molecule has 21 heavy (non-hydrogen) atoms. The molecule has 114 valence electrons. The number of nitrogens with zero attached hydrogens (tertiary/aromatic N) is 2. The lowest BCUT2D eigenvalue weighted by atomic mass is 9.99. The second-order valence-electron chi connectivity index (χ2n) is 4.90. The lowest BCUT2D eigenvalue weighted by Gasteiger charge is -2.15. The van der Waals surface area contributed by atoms with Gasteiger partial charge >= 0.3 is 6.18 Å². The van der Waals surface area contributed by atoms with Gasteiger partial charge in [-0.25, -0.2) is 0 Å². The third-order valence-corrected chi connectivity index (χ3v) is 3.92. The smallest absolute Gasteiger partial charge is 0.324 e. The van der Waals surface area contributed by atoms with Gasteiger partial charge in [-0.1, -0.05) is 22.0 Å². The van der Waals surface area contributed by atoms with Crippen molar-refractivity contribution in [2.75, 3.05) is 0 Å². The Hall–Kier alpha value is -1.34. The molecule has 3 nitrogen and oxygen atoms in total. The first-order chi connectivity index (χ1) is 9.77. The molecule has 0 aliphatic heterocycles. The summed E-state index contributed by atoms with van der Waals surface area (Å²) in [5, 5.41) is 4.05. The van der Waals surface area contributed by atoms with E-state index in [1.54, 1.807) is 16.9 Å². The van der Waals surface area contributed by atoms with Crippen molar-refractivity contribution in [1.82, 2.24) is 9.78 Å². The summed E-state index contributed by atoms with van der Waals surface area (Å²) in [4.78, 5) is 0. The number of nitrogens with two attached hydrogens (primary N) is 1. The van der Waals surface area contributed by atoms with Crippen molar-refractivity contribution in [3.05, 3.63) is 51.8 Å². The number of hydrogen-bond acceptors (Lipinski definition) is 2. The molecule has 1 aromatic heterocycles. The highest BCUT2D eigenvalue weighted by Crippen LogP contribution is 2.36. The molecule has 0 radical (unpaired) electrons. The fourth-order valence-electron chi connectivity index (χ4n) is 2.08. The normalized spacial score (nSPS) is 13.4. The summed E-state index contributed by atoms with van der Waals surface area (Å²) in [6, 6.07) is 3.67. The van der Waals surface area contributed by atoms with Gasteiger partial charge in [-0.3, -0.25) is 4.68 Å². The molecular weight excluding hydrogens is 347 g/mol. The maximum Gasteiger partial charge on any atom is 0.417 e. The van der Waals surface area contributed by atoms with Gasteiger partial charge in [-0.2, -0.15) is 18.3 Å². The maximum absolute atomic E-state index is 12.9. The first-order valence-corrected chi connectivity index (χ1v) is 7.16. The maximum atomic E-state index is 12.9. The number of rotatable bonds is 4. The summed E-state index contributed by atoms with van der Waals surface area (Å²) >= 11 is 2.92. The van der Waals surface area contributed by atoms with Gasteiger partial charge in [0.15, 0.2) is 0 Å². The van der Waals surface area contributed by atoms with Gasteiger partial charge in [0.2, 0.25) is 0 Å². The highest BCUT2D eigenvalue weighted by Gasteiger charge is 2.33. The Morgan fingerprint density at radius 2 is 2.10 bits per heavy atom. The molecular formula is C14H15BrF3N3. The van der Waals surface area contributed by atoms with Crippen LogP contribution in [0.1, 0.15) is 29.2 Å². The Morgan fingerprint density at radius 3 is 2.67 bits per heavy atom. The SMILES string of the molecule is Cn1cc(CCC(N)c2ccc(Br)c(C(F)(F)F)c2)cn1. The zero-order valence-corrected chi connectivity index (χ0v) is 12.9. The summed E-state index contributed by atoms with van der Waals surface area (Å²) in [6.07, 6.45) is 0.444. The number of aromatic nitrogens is 2. The van der Waals surface area contributed by atoms with Crippen LogP contribution in [0.2, 0.25) is 0 Å². The van der Waals surface area contributed by atoms with E-state index >= 15 is 0 Å². The molecule has 2 N–H and O–H groups in total. The van der Waals surface area contributed by atoms with Crippen LogP contribution in [-0.2, 0) is 19.6 Å². The average molecular weight is 362 g/mol. The van der Waals surface area contributed by atoms with Crippen LogP contribution in [-0.4, -0.2) is 9.78 Å². The molecule has 1 aromatic carbocycles. The van der Waals surface area contributed by atoms with Gasteiger partial charge in [-0.15, -0.1) is 0 Å². The van der Waals surface area contributed by atoms with E-state index in [9.17, 15) is 13.2 Å². The molecule has 1 heterocycles. The number of benzene rings is 1. The molecule has 0 bridgehead atoms. The van der Waals surface area contributed by atoms with Gasteiger partial charge in [0.1, 0.15) is 0 Å². The molecule has 0 saturated heterocycles. The van der Waals surface area contributed by atoms with E-state index in [2.05, 4.69) is 21.0 Å². The molecule has 0 aliphatic rings. The second kappa shape index (κ2) is 6.19. The van der Waals surface area contributed by atoms with Crippen LogP contribution in [0.3, 0.4) is 0 Å². The number of aryl methyl sites for hydroxylation is 2. The predicted molar refractivity (Wildman–Crippen MR) is 77.6 cm³/mol. The number of halogens is 4. The van der Waals surface area contributed by atoms with Crippen LogP contribution < -0.4 is 5.73 Å². The average Bonchev–Trinajstić information content (AvgIpc) is 2.81. The van der Waals surface area contributed by atoms with E-state index in [0.717, 1.165) is 11.6 Å². The van der Waals surface area contributed by atoms with Gasteiger partial charge < -0.3 is 5.73 Å². The highest BCUT2D eigenvalue weighted by atomic mass is 79.9. The van der Waals surface area contributed by atoms with Crippen LogP contribution in [0.15, 0.2) is 35.1 Å². The number of alkyl halides is 3. The van der Waals surface area contributed by atoms with E-state index in [-0.39, 0.29) is 4.47 Å². The Morgan fingerprint density at radius 1 is 1.38 bits per heavy atom. The summed E-state index contributed by atoms with van der Waals surface area (Å²) in [7, 11) is 1.81. The quantitative estimate of drug-likeness (QED) is 0.898. The molecule has 0 fully saturated rings. The molecule has 1 unspecified atom stereocenters. The lowest BCUT2D eigenvalue weighted by molar-refractivity contribution is -0.138. The van der Waals surface area contributed by atoms with Crippen molar-refractivity contribution < 1.29 is 13.2 Å². The Balaban J connectivity index is 2.10. The largest absolute Gasteiger partial charge is 0.417 e. The van der Waals surface area contributed by atoms with E-state index in [1.165, 1.54) is 6.07 Å². The minimum atomic E-state index is -4.39. The van der Waals surface area contributed by atoms with Crippen molar-refractivity contribution >= 4 is 15.9 Å². The topological polar surface area (TPSA) is 43.8 Å². The predicted octanol–water partition coefficient (Wildman–Crippen LogP) is 3.83. The molecule has 2 aromatic rings. The molecule has 0 spiro atoms. The van der Waals surface area contributed by atoms with Crippen molar-refractivity contribution in [1.29, 1.82) is 0 Å². The third kappa shape index (κ3) is 4.07. The minimum absolute atomic E-state index is 0.0261. The van der Waals surface area contributed by atoms with E-state index in [1.807, 2.05) is 13.2 Å². The molecule has 2 rings (SSSR count). The zero-order chi connectivity index (χ0) is 15.6. The third-order valence-electron chi connectivity index (χ3n) is 3.23.